The first-order valence-electron chi connectivity index (χ1n) is 8.44. The number of aliphatic hydroxyl groups is 1. The summed E-state index contributed by atoms with van der Waals surface area (Å²) in [4.78, 5) is 18.8. The topological polar surface area (TPSA) is 87.6 Å². The van der Waals surface area contributed by atoms with Crippen molar-refractivity contribution in [3.8, 4) is 0 Å². The van der Waals surface area contributed by atoms with Gasteiger partial charge in [-0.2, -0.15) is 0 Å². The minimum Gasteiger partial charge on any atom is -0.383 e. The van der Waals surface area contributed by atoms with Gasteiger partial charge in [0.15, 0.2) is 9.84 Å². The van der Waals surface area contributed by atoms with Crippen LogP contribution in [-0.4, -0.2) is 48.7 Å². The number of rotatable bonds is 3. The zero-order valence-electron chi connectivity index (χ0n) is 14.8. The lowest BCUT2D eigenvalue weighted by molar-refractivity contribution is -0.0244. The van der Waals surface area contributed by atoms with Crippen LogP contribution < -0.4 is 0 Å². The number of aromatic nitrogens is 1. The van der Waals surface area contributed by atoms with Gasteiger partial charge in [-0.05, 0) is 49.6 Å². The third kappa shape index (κ3) is 3.78. The Labute approximate surface area is 153 Å². The van der Waals surface area contributed by atoms with Crippen molar-refractivity contribution < 1.29 is 18.3 Å². The van der Waals surface area contributed by atoms with Gasteiger partial charge in [0.25, 0.3) is 5.91 Å². The highest BCUT2D eigenvalue weighted by atomic mass is 32.2. The summed E-state index contributed by atoms with van der Waals surface area (Å²) in [7, 11) is -3.37. The molecule has 2 aromatic rings. The third-order valence-corrected chi connectivity index (χ3v) is 5.89. The van der Waals surface area contributed by atoms with Gasteiger partial charge in [0.2, 0.25) is 0 Å². The fourth-order valence-electron chi connectivity index (χ4n) is 3.12. The maximum atomic E-state index is 12.7. The summed E-state index contributed by atoms with van der Waals surface area (Å²) in [5, 5.41) is 10.9. The van der Waals surface area contributed by atoms with E-state index in [1.807, 2.05) is 19.1 Å². The molecule has 1 aromatic heterocycles. The van der Waals surface area contributed by atoms with Crippen molar-refractivity contribution in [3.05, 3.63) is 59.4 Å². The van der Waals surface area contributed by atoms with E-state index in [2.05, 4.69) is 4.98 Å². The lowest BCUT2D eigenvalue weighted by atomic mass is 9.87. The zero-order valence-corrected chi connectivity index (χ0v) is 15.7. The molecule has 6 nitrogen and oxygen atoms in total. The van der Waals surface area contributed by atoms with Crippen LogP contribution in [0.4, 0.5) is 0 Å². The summed E-state index contributed by atoms with van der Waals surface area (Å²) in [5.74, 6) is -0.227. The SMILES string of the molecule is Cc1ccc(C2(O)CCN(C(=O)c3cccc(S(C)(=O)=O)c3)CC2)nc1. The van der Waals surface area contributed by atoms with E-state index in [0.29, 0.717) is 37.2 Å². The van der Waals surface area contributed by atoms with E-state index in [1.165, 1.54) is 12.1 Å². The van der Waals surface area contributed by atoms with Crippen LogP contribution in [0.3, 0.4) is 0 Å². The number of likely N-dealkylation sites (tertiary alicyclic amines) is 1. The number of carbonyl (C=O) groups is 1. The highest BCUT2D eigenvalue weighted by molar-refractivity contribution is 7.90. The van der Waals surface area contributed by atoms with Crippen LogP contribution in [0.2, 0.25) is 0 Å². The number of hydrogen-bond acceptors (Lipinski definition) is 5. The molecule has 0 spiro atoms. The van der Waals surface area contributed by atoms with Crippen molar-refractivity contribution in [2.45, 2.75) is 30.3 Å². The van der Waals surface area contributed by atoms with Gasteiger partial charge in [0.05, 0.1) is 10.6 Å². The second-order valence-corrected chi connectivity index (χ2v) is 8.86. The summed E-state index contributed by atoms with van der Waals surface area (Å²) in [5.41, 5.74) is 0.941. The summed E-state index contributed by atoms with van der Waals surface area (Å²) >= 11 is 0. The standard InChI is InChI=1S/C19H22N2O4S/c1-14-6-7-17(20-13-14)19(23)8-10-21(11-9-19)18(22)15-4-3-5-16(12-15)26(2,24)25/h3-7,12-13,23H,8-11H2,1-2H3. The summed E-state index contributed by atoms with van der Waals surface area (Å²) in [6, 6.07) is 9.79. The van der Waals surface area contributed by atoms with Gasteiger partial charge in [0, 0.05) is 31.1 Å². The van der Waals surface area contributed by atoms with E-state index in [9.17, 15) is 18.3 Å². The van der Waals surface area contributed by atoms with Crippen LogP contribution in [0.25, 0.3) is 0 Å². The molecule has 0 saturated carbocycles. The largest absolute Gasteiger partial charge is 0.383 e. The highest BCUT2D eigenvalue weighted by Crippen LogP contribution is 2.32. The first-order chi connectivity index (χ1) is 12.2. The smallest absolute Gasteiger partial charge is 0.253 e. The number of amides is 1. The molecule has 0 unspecified atom stereocenters. The first-order valence-corrected chi connectivity index (χ1v) is 10.3. The number of benzene rings is 1. The lowest BCUT2D eigenvalue weighted by Crippen LogP contribution is -2.45. The first kappa shape index (κ1) is 18.5. The summed E-state index contributed by atoms with van der Waals surface area (Å²) < 4.78 is 23.4. The quantitative estimate of drug-likeness (QED) is 0.887. The molecule has 1 N–H and O–H groups in total. The van der Waals surface area contributed by atoms with Gasteiger partial charge in [-0.15, -0.1) is 0 Å². The monoisotopic (exact) mass is 374 g/mol. The minimum atomic E-state index is -3.37. The number of hydrogen-bond donors (Lipinski definition) is 1. The fourth-order valence-corrected chi connectivity index (χ4v) is 3.79. The van der Waals surface area contributed by atoms with Crippen LogP contribution >= 0.6 is 0 Å². The van der Waals surface area contributed by atoms with E-state index in [0.717, 1.165) is 11.8 Å². The third-order valence-electron chi connectivity index (χ3n) is 4.78. The number of sulfone groups is 1. The Kier molecular flexibility index (Phi) is 4.86. The predicted octanol–water partition coefficient (Wildman–Crippen LogP) is 1.92. The lowest BCUT2D eigenvalue weighted by Gasteiger charge is -2.37. The molecule has 1 aliphatic rings. The zero-order chi connectivity index (χ0) is 18.9. The number of carbonyl (C=O) groups excluding carboxylic acids is 1. The Morgan fingerprint density at radius 3 is 2.46 bits per heavy atom. The van der Waals surface area contributed by atoms with Crippen molar-refractivity contribution >= 4 is 15.7 Å². The Bertz CT molecular complexity index is 915. The Hall–Kier alpha value is -2.25. The second kappa shape index (κ2) is 6.81. The molecule has 26 heavy (non-hydrogen) atoms. The molecule has 1 aromatic carbocycles. The van der Waals surface area contributed by atoms with Gasteiger partial charge in [-0.3, -0.25) is 9.78 Å². The molecule has 0 aliphatic carbocycles. The van der Waals surface area contributed by atoms with E-state index in [1.54, 1.807) is 23.2 Å². The molecule has 7 heteroatoms. The van der Waals surface area contributed by atoms with Gasteiger partial charge in [-0.25, -0.2) is 8.42 Å². The van der Waals surface area contributed by atoms with Crippen molar-refractivity contribution in [1.82, 2.24) is 9.88 Å². The summed E-state index contributed by atoms with van der Waals surface area (Å²) in [6.07, 6.45) is 3.62. The van der Waals surface area contributed by atoms with E-state index in [4.69, 9.17) is 0 Å². The molecule has 1 saturated heterocycles. The van der Waals surface area contributed by atoms with Crippen molar-refractivity contribution in [3.63, 3.8) is 0 Å². The highest BCUT2D eigenvalue weighted by Gasteiger charge is 2.36. The molecule has 0 bridgehead atoms. The van der Waals surface area contributed by atoms with Crippen LogP contribution in [-0.2, 0) is 15.4 Å². The molecular weight excluding hydrogens is 352 g/mol. The Morgan fingerprint density at radius 2 is 1.88 bits per heavy atom. The van der Waals surface area contributed by atoms with Crippen LogP contribution in [0.15, 0.2) is 47.5 Å². The van der Waals surface area contributed by atoms with Gasteiger partial charge < -0.3 is 10.0 Å². The van der Waals surface area contributed by atoms with Crippen molar-refractivity contribution in [1.29, 1.82) is 0 Å². The van der Waals surface area contributed by atoms with E-state index >= 15 is 0 Å². The number of pyridine rings is 1. The van der Waals surface area contributed by atoms with Gasteiger partial charge in [0.1, 0.15) is 5.60 Å². The molecule has 3 rings (SSSR count). The van der Waals surface area contributed by atoms with Crippen LogP contribution in [0, 0.1) is 6.92 Å². The van der Waals surface area contributed by atoms with Crippen molar-refractivity contribution in [2.24, 2.45) is 0 Å². The fraction of sp³-hybridized carbons (Fsp3) is 0.368. The molecule has 0 atom stereocenters. The molecular formula is C19H22N2O4S. The normalized spacial score (nSPS) is 17.1. The van der Waals surface area contributed by atoms with E-state index in [-0.39, 0.29) is 10.8 Å². The van der Waals surface area contributed by atoms with Crippen LogP contribution in [0.5, 0.6) is 0 Å². The number of piperidine rings is 1. The molecule has 0 radical (unpaired) electrons. The number of nitrogens with zero attached hydrogens (tertiary/aromatic N) is 2. The number of aryl methyl sites for hydroxylation is 1. The van der Waals surface area contributed by atoms with Crippen LogP contribution in [0.1, 0.15) is 34.5 Å². The van der Waals surface area contributed by atoms with Gasteiger partial charge in [-0.1, -0.05) is 12.1 Å². The molecule has 2 heterocycles. The molecule has 138 valence electrons. The molecule has 1 aliphatic heterocycles. The predicted molar refractivity (Wildman–Crippen MR) is 97.6 cm³/mol. The minimum absolute atomic E-state index is 0.126. The Morgan fingerprint density at radius 1 is 1.19 bits per heavy atom. The maximum absolute atomic E-state index is 12.7. The Balaban J connectivity index is 1.74. The average molecular weight is 374 g/mol. The van der Waals surface area contributed by atoms with Gasteiger partial charge >= 0.3 is 0 Å². The molecule has 1 fully saturated rings. The summed E-state index contributed by atoms with van der Waals surface area (Å²) in [6.45, 7) is 2.70. The van der Waals surface area contributed by atoms with Crippen molar-refractivity contribution in [2.75, 3.05) is 19.3 Å². The average Bonchev–Trinajstić information content (AvgIpc) is 2.62. The second-order valence-electron chi connectivity index (χ2n) is 6.84. The molecule has 1 amide bonds. The maximum Gasteiger partial charge on any atom is 0.253 e. The van der Waals surface area contributed by atoms with E-state index < -0.39 is 15.4 Å².